The molecular formula is C21H20ClF3N4O3. The van der Waals surface area contributed by atoms with Gasteiger partial charge >= 0.3 is 6.18 Å². The molecule has 2 atom stereocenters. The fourth-order valence-corrected chi connectivity index (χ4v) is 4.68. The van der Waals surface area contributed by atoms with Gasteiger partial charge in [0, 0.05) is 13.1 Å². The van der Waals surface area contributed by atoms with E-state index < -0.39 is 23.9 Å². The van der Waals surface area contributed by atoms with Crippen LogP contribution in [0.25, 0.3) is 5.52 Å². The summed E-state index contributed by atoms with van der Waals surface area (Å²) in [7, 11) is 0. The molecule has 170 valence electrons. The number of carbonyl (C=O) groups excluding carboxylic acids is 2. The molecule has 1 saturated heterocycles. The zero-order valence-corrected chi connectivity index (χ0v) is 17.6. The number of halogens is 4. The second-order valence-corrected chi connectivity index (χ2v) is 8.82. The number of aliphatic hydroxyl groups is 1. The number of aromatic nitrogens is 2. The first kappa shape index (κ1) is 21.3. The zero-order valence-electron chi connectivity index (χ0n) is 16.8. The number of hydrogen-bond acceptors (Lipinski definition) is 4. The molecule has 2 aromatic heterocycles. The van der Waals surface area contributed by atoms with Gasteiger partial charge in [0.25, 0.3) is 5.91 Å². The quantitative estimate of drug-likeness (QED) is 0.703. The van der Waals surface area contributed by atoms with E-state index in [0.717, 1.165) is 18.9 Å². The van der Waals surface area contributed by atoms with Crippen LogP contribution in [0, 0.1) is 0 Å². The molecule has 1 saturated carbocycles. The van der Waals surface area contributed by atoms with Gasteiger partial charge in [-0.2, -0.15) is 18.3 Å². The fourth-order valence-electron chi connectivity index (χ4n) is 4.43. The van der Waals surface area contributed by atoms with Gasteiger partial charge in [0.05, 0.1) is 22.7 Å². The maximum Gasteiger partial charge on any atom is 0.433 e. The lowest BCUT2D eigenvalue weighted by Crippen LogP contribution is -2.57. The maximum atomic E-state index is 13.7. The first-order valence-corrected chi connectivity index (χ1v) is 10.8. The van der Waals surface area contributed by atoms with Gasteiger partial charge in [-0.3, -0.25) is 9.59 Å². The number of nitrogens with zero attached hydrogens (tertiary/aromatic N) is 4. The molecule has 1 aliphatic heterocycles. The van der Waals surface area contributed by atoms with Crippen LogP contribution >= 0.6 is 11.6 Å². The van der Waals surface area contributed by atoms with Gasteiger partial charge in [-0.1, -0.05) is 23.8 Å². The van der Waals surface area contributed by atoms with Crippen molar-refractivity contribution in [2.75, 3.05) is 19.6 Å². The molecule has 1 N–H and O–H groups in total. The molecule has 11 heteroatoms. The third kappa shape index (κ3) is 3.55. The molecule has 0 unspecified atom stereocenters. The van der Waals surface area contributed by atoms with Gasteiger partial charge in [0.1, 0.15) is 12.2 Å². The minimum absolute atomic E-state index is 0.0249. The summed E-state index contributed by atoms with van der Waals surface area (Å²) in [6, 6.07) is 2.25. The number of rotatable bonds is 3. The molecular weight excluding hydrogens is 449 g/mol. The monoisotopic (exact) mass is 468 g/mol. The number of pyridine rings is 1. The minimum Gasteiger partial charge on any atom is -0.387 e. The lowest BCUT2D eigenvalue weighted by atomic mass is 10.1. The molecule has 3 aliphatic rings. The van der Waals surface area contributed by atoms with Crippen molar-refractivity contribution in [2.24, 2.45) is 0 Å². The summed E-state index contributed by atoms with van der Waals surface area (Å²) in [6.45, 7) is 0.113. The topological polar surface area (TPSA) is 78.2 Å². The van der Waals surface area contributed by atoms with Gasteiger partial charge in [0.2, 0.25) is 5.91 Å². The molecule has 2 fully saturated rings. The SMILES string of the molecule is O=C(c1nn2c(C(F)(F)F)cc(C3CC3)cc2c1Cl)N1CCN([C@H]2CC=C[C@@H]2O)C(=O)C1. The molecule has 0 radical (unpaired) electrons. The number of aliphatic hydroxyl groups excluding tert-OH is 1. The molecule has 2 aromatic rings. The minimum atomic E-state index is -4.67. The van der Waals surface area contributed by atoms with Gasteiger partial charge in [-0.25, -0.2) is 4.52 Å². The highest BCUT2D eigenvalue weighted by Gasteiger charge is 2.39. The predicted octanol–water partition coefficient (Wildman–Crippen LogP) is 2.86. The summed E-state index contributed by atoms with van der Waals surface area (Å²) in [5, 5.41) is 13.8. The Balaban J connectivity index is 1.44. The highest BCUT2D eigenvalue weighted by atomic mass is 35.5. The molecule has 5 rings (SSSR count). The van der Waals surface area contributed by atoms with Crippen molar-refractivity contribution in [1.82, 2.24) is 19.4 Å². The summed E-state index contributed by atoms with van der Waals surface area (Å²) >= 11 is 6.34. The molecule has 2 aliphatic carbocycles. The van der Waals surface area contributed by atoms with Crippen LogP contribution in [-0.2, 0) is 11.0 Å². The van der Waals surface area contributed by atoms with Crippen LogP contribution in [0.3, 0.4) is 0 Å². The average Bonchev–Trinajstić information content (AvgIpc) is 3.43. The average molecular weight is 469 g/mol. The third-order valence-electron chi connectivity index (χ3n) is 6.29. The summed E-state index contributed by atoms with van der Waals surface area (Å²) in [5.41, 5.74) is -0.745. The molecule has 0 aromatic carbocycles. The first-order valence-electron chi connectivity index (χ1n) is 10.4. The van der Waals surface area contributed by atoms with E-state index >= 15 is 0 Å². The van der Waals surface area contributed by atoms with Crippen molar-refractivity contribution in [1.29, 1.82) is 0 Å². The second kappa shape index (κ2) is 7.48. The van der Waals surface area contributed by atoms with E-state index in [0.29, 0.717) is 16.5 Å². The van der Waals surface area contributed by atoms with Crippen molar-refractivity contribution >= 4 is 28.9 Å². The summed E-state index contributed by atoms with van der Waals surface area (Å²) in [6.07, 6.45) is 0.144. The molecule has 0 spiro atoms. The maximum absolute atomic E-state index is 13.7. The Kier molecular flexibility index (Phi) is 4.97. The number of carbonyl (C=O) groups is 2. The number of amides is 2. The van der Waals surface area contributed by atoms with Crippen LogP contribution in [0.15, 0.2) is 24.3 Å². The van der Waals surface area contributed by atoms with E-state index in [2.05, 4.69) is 5.10 Å². The van der Waals surface area contributed by atoms with Gasteiger partial charge in [-0.05, 0) is 42.9 Å². The van der Waals surface area contributed by atoms with Crippen LogP contribution < -0.4 is 0 Å². The Morgan fingerprint density at radius 3 is 2.56 bits per heavy atom. The van der Waals surface area contributed by atoms with E-state index in [1.54, 1.807) is 18.2 Å². The van der Waals surface area contributed by atoms with Crippen LogP contribution in [-0.4, -0.2) is 68.1 Å². The number of piperazine rings is 1. The fraction of sp³-hybridized carbons (Fsp3) is 0.476. The highest BCUT2D eigenvalue weighted by molar-refractivity contribution is 6.36. The second-order valence-electron chi connectivity index (χ2n) is 8.44. The Bertz CT molecular complexity index is 1140. The molecule has 7 nitrogen and oxygen atoms in total. The molecule has 0 bridgehead atoms. The lowest BCUT2D eigenvalue weighted by molar-refractivity contribution is -0.142. The Morgan fingerprint density at radius 1 is 1.22 bits per heavy atom. The van der Waals surface area contributed by atoms with E-state index in [-0.39, 0.29) is 53.7 Å². The van der Waals surface area contributed by atoms with Crippen LogP contribution in [0.4, 0.5) is 13.2 Å². The number of fused-ring (bicyclic) bond motifs is 1. The van der Waals surface area contributed by atoms with E-state index in [1.807, 2.05) is 0 Å². The zero-order chi connectivity index (χ0) is 22.8. The summed E-state index contributed by atoms with van der Waals surface area (Å²) < 4.78 is 41.7. The first-order chi connectivity index (χ1) is 15.1. The normalized spacial score (nSPS) is 24.1. The van der Waals surface area contributed by atoms with Crippen LogP contribution in [0.1, 0.15) is 46.9 Å². The Morgan fingerprint density at radius 2 is 1.97 bits per heavy atom. The summed E-state index contributed by atoms with van der Waals surface area (Å²) in [4.78, 5) is 28.5. The van der Waals surface area contributed by atoms with Crippen molar-refractivity contribution < 1.29 is 27.9 Å². The Labute approximate surface area is 186 Å². The van der Waals surface area contributed by atoms with Crippen LogP contribution in [0.5, 0.6) is 0 Å². The van der Waals surface area contributed by atoms with Gasteiger partial charge < -0.3 is 14.9 Å². The number of alkyl halides is 3. The van der Waals surface area contributed by atoms with Crippen molar-refractivity contribution in [2.45, 2.75) is 43.5 Å². The number of hydrogen-bond donors (Lipinski definition) is 1. The lowest BCUT2D eigenvalue weighted by Gasteiger charge is -2.38. The van der Waals surface area contributed by atoms with E-state index in [9.17, 15) is 27.9 Å². The van der Waals surface area contributed by atoms with E-state index in [4.69, 9.17) is 11.6 Å². The molecule has 32 heavy (non-hydrogen) atoms. The molecule has 3 heterocycles. The Hall–Kier alpha value is -2.59. The third-order valence-corrected chi connectivity index (χ3v) is 6.66. The highest BCUT2D eigenvalue weighted by Crippen LogP contribution is 2.43. The van der Waals surface area contributed by atoms with Crippen molar-refractivity contribution in [3.05, 3.63) is 46.3 Å². The van der Waals surface area contributed by atoms with Crippen molar-refractivity contribution in [3.63, 3.8) is 0 Å². The standard InChI is InChI=1S/C21H20ClF3N4O3/c22-18-14-8-12(11-4-5-11)9-16(21(23,24)25)29(14)26-19(18)20(32)27-6-7-28(17(31)10-27)13-2-1-3-15(13)30/h1,3,8-9,11,13,15,30H,2,4-7,10H2/t13-,15-/m0/s1. The van der Waals surface area contributed by atoms with Crippen LogP contribution in [0.2, 0.25) is 5.02 Å². The predicted molar refractivity (Wildman–Crippen MR) is 108 cm³/mol. The molecule has 2 amide bonds. The van der Waals surface area contributed by atoms with Gasteiger partial charge in [-0.15, -0.1) is 0 Å². The largest absolute Gasteiger partial charge is 0.433 e. The van der Waals surface area contributed by atoms with E-state index in [1.165, 1.54) is 9.80 Å². The van der Waals surface area contributed by atoms with Gasteiger partial charge in [0.15, 0.2) is 5.69 Å². The van der Waals surface area contributed by atoms with Crippen molar-refractivity contribution in [3.8, 4) is 0 Å². The summed E-state index contributed by atoms with van der Waals surface area (Å²) in [5.74, 6) is -0.987. The smallest absolute Gasteiger partial charge is 0.387 e.